The molecule has 0 aliphatic carbocycles. The maximum atomic E-state index is 11.4. The van der Waals surface area contributed by atoms with Gasteiger partial charge in [0.15, 0.2) is 5.96 Å². The van der Waals surface area contributed by atoms with Gasteiger partial charge < -0.3 is 15.0 Å². The van der Waals surface area contributed by atoms with E-state index in [2.05, 4.69) is 29.4 Å². The molecule has 116 valence electrons. The van der Waals surface area contributed by atoms with E-state index in [9.17, 15) is 4.79 Å². The van der Waals surface area contributed by atoms with Gasteiger partial charge in [0.2, 0.25) is 0 Å². The van der Waals surface area contributed by atoms with Crippen molar-refractivity contribution in [3.05, 3.63) is 35.4 Å². The number of rotatable bonds is 5. The highest BCUT2D eigenvalue weighted by Crippen LogP contribution is 2.09. The molecule has 0 aromatic heterocycles. The van der Waals surface area contributed by atoms with Gasteiger partial charge in [-0.3, -0.25) is 9.79 Å². The van der Waals surface area contributed by atoms with Crippen molar-refractivity contribution in [2.24, 2.45) is 10.9 Å². The summed E-state index contributed by atoms with van der Waals surface area (Å²) in [5, 5.41) is 3.20. The number of benzene rings is 1. The fourth-order valence-electron chi connectivity index (χ4n) is 2.03. The van der Waals surface area contributed by atoms with E-state index in [1.165, 1.54) is 18.2 Å². The van der Waals surface area contributed by atoms with Gasteiger partial charge in [0.1, 0.15) is 0 Å². The number of nitrogens with zero attached hydrogens (tertiary/aromatic N) is 2. The van der Waals surface area contributed by atoms with Gasteiger partial charge in [-0.05, 0) is 18.1 Å². The van der Waals surface area contributed by atoms with Gasteiger partial charge in [-0.1, -0.05) is 31.2 Å². The molecule has 0 saturated carbocycles. The minimum absolute atomic E-state index is 0.210. The van der Waals surface area contributed by atoms with Crippen molar-refractivity contribution in [2.45, 2.75) is 20.4 Å². The van der Waals surface area contributed by atoms with Crippen LogP contribution in [0.5, 0.6) is 0 Å². The molecule has 1 aromatic carbocycles. The summed E-state index contributed by atoms with van der Waals surface area (Å²) in [5.41, 5.74) is 2.51. The molecule has 1 N–H and O–H groups in total. The van der Waals surface area contributed by atoms with Gasteiger partial charge in [0, 0.05) is 27.2 Å². The molecular weight excluding hydrogens is 266 g/mol. The Labute approximate surface area is 127 Å². The van der Waals surface area contributed by atoms with Crippen molar-refractivity contribution in [1.82, 2.24) is 10.2 Å². The lowest BCUT2D eigenvalue weighted by molar-refractivity contribution is -0.144. The average molecular weight is 291 g/mol. The molecule has 0 aliphatic heterocycles. The van der Waals surface area contributed by atoms with Crippen LogP contribution < -0.4 is 5.32 Å². The van der Waals surface area contributed by atoms with Crippen molar-refractivity contribution in [3.8, 4) is 0 Å². The Kier molecular flexibility index (Phi) is 6.72. The predicted molar refractivity (Wildman–Crippen MR) is 85.2 cm³/mol. The van der Waals surface area contributed by atoms with E-state index < -0.39 is 0 Å². The summed E-state index contributed by atoms with van der Waals surface area (Å²) < 4.78 is 4.72. The molecule has 0 amide bonds. The molecule has 5 nitrogen and oxygen atoms in total. The van der Waals surface area contributed by atoms with Crippen molar-refractivity contribution in [2.75, 3.05) is 27.7 Å². The number of esters is 1. The van der Waals surface area contributed by atoms with Crippen molar-refractivity contribution in [1.29, 1.82) is 0 Å². The third-order valence-electron chi connectivity index (χ3n) is 3.41. The van der Waals surface area contributed by atoms with Gasteiger partial charge in [-0.2, -0.15) is 0 Å². The smallest absolute Gasteiger partial charge is 0.310 e. The number of carbonyl (C=O) groups excluding carboxylic acids is 1. The molecule has 0 saturated heterocycles. The molecule has 21 heavy (non-hydrogen) atoms. The van der Waals surface area contributed by atoms with Crippen LogP contribution in [0.4, 0.5) is 0 Å². The topological polar surface area (TPSA) is 53.9 Å². The Bertz CT molecular complexity index is 500. The minimum Gasteiger partial charge on any atom is -0.469 e. The number of aryl methyl sites for hydroxylation is 1. The summed E-state index contributed by atoms with van der Waals surface area (Å²) in [6.07, 6.45) is 0. The van der Waals surface area contributed by atoms with Crippen LogP contribution in [0.25, 0.3) is 0 Å². The van der Waals surface area contributed by atoms with Gasteiger partial charge >= 0.3 is 5.97 Å². The zero-order chi connectivity index (χ0) is 15.8. The first-order valence-corrected chi connectivity index (χ1v) is 7.03. The summed E-state index contributed by atoms with van der Waals surface area (Å²) in [6, 6.07) is 8.27. The van der Waals surface area contributed by atoms with Gasteiger partial charge in [-0.15, -0.1) is 0 Å². The number of methoxy groups -OCH3 is 1. The van der Waals surface area contributed by atoms with Crippen LogP contribution in [0.3, 0.4) is 0 Å². The molecular formula is C16H25N3O2. The monoisotopic (exact) mass is 291 g/mol. The van der Waals surface area contributed by atoms with Crippen LogP contribution >= 0.6 is 0 Å². The Morgan fingerprint density at radius 3 is 2.67 bits per heavy atom. The van der Waals surface area contributed by atoms with Gasteiger partial charge in [0.25, 0.3) is 0 Å². The van der Waals surface area contributed by atoms with E-state index in [0.717, 1.165) is 12.5 Å². The Hall–Kier alpha value is -2.04. The quantitative estimate of drug-likeness (QED) is 0.511. The predicted octanol–water partition coefficient (Wildman–Crippen LogP) is 1.81. The van der Waals surface area contributed by atoms with Crippen LogP contribution in [0.15, 0.2) is 29.3 Å². The number of nitrogens with one attached hydrogen (secondary N) is 1. The second kappa shape index (κ2) is 8.29. The summed E-state index contributed by atoms with van der Waals surface area (Å²) in [4.78, 5) is 17.7. The van der Waals surface area contributed by atoms with Crippen LogP contribution in [-0.2, 0) is 16.1 Å². The lowest BCUT2D eigenvalue weighted by Crippen LogP contribution is -2.41. The van der Waals surface area contributed by atoms with E-state index in [0.29, 0.717) is 6.54 Å². The highest BCUT2D eigenvalue weighted by molar-refractivity contribution is 5.80. The highest BCUT2D eigenvalue weighted by Gasteiger charge is 2.15. The second-order valence-corrected chi connectivity index (χ2v) is 5.13. The fraction of sp³-hybridized carbons (Fsp3) is 0.500. The van der Waals surface area contributed by atoms with Crippen LogP contribution in [0.1, 0.15) is 18.1 Å². The van der Waals surface area contributed by atoms with E-state index in [-0.39, 0.29) is 11.9 Å². The maximum absolute atomic E-state index is 11.4. The number of aliphatic imine (C=N–C) groups is 1. The zero-order valence-corrected chi connectivity index (χ0v) is 13.5. The molecule has 1 unspecified atom stereocenters. The summed E-state index contributed by atoms with van der Waals surface area (Å²) >= 11 is 0. The maximum Gasteiger partial charge on any atom is 0.310 e. The molecule has 1 aromatic rings. The Balaban J connectivity index is 2.60. The first kappa shape index (κ1) is 17.0. The van der Waals surface area contributed by atoms with E-state index in [1.54, 1.807) is 7.05 Å². The third-order valence-corrected chi connectivity index (χ3v) is 3.41. The molecule has 0 heterocycles. The zero-order valence-electron chi connectivity index (χ0n) is 13.5. The molecule has 0 bridgehead atoms. The Morgan fingerprint density at radius 2 is 2.10 bits per heavy atom. The summed E-state index contributed by atoms with van der Waals surface area (Å²) in [6.45, 7) is 5.18. The molecule has 0 fully saturated rings. The van der Waals surface area contributed by atoms with Crippen molar-refractivity contribution < 1.29 is 9.53 Å². The van der Waals surface area contributed by atoms with Crippen molar-refractivity contribution >= 4 is 11.9 Å². The normalized spacial score (nSPS) is 12.7. The SMILES string of the molecule is CN=C(NCC(C)C(=O)OC)N(C)Cc1ccccc1C. The van der Waals surface area contributed by atoms with Crippen molar-refractivity contribution in [3.63, 3.8) is 0 Å². The average Bonchev–Trinajstić information content (AvgIpc) is 2.49. The standard InChI is InChI=1S/C16H25N3O2/c1-12-8-6-7-9-14(12)11-19(4)16(17-3)18-10-13(2)15(20)21-5/h6-9,13H,10-11H2,1-5H3,(H,17,18). The fourth-order valence-corrected chi connectivity index (χ4v) is 2.03. The minimum atomic E-state index is -0.223. The lowest BCUT2D eigenvalue weighted by atomic mass is 10.1. The highest BCUT2D eigenvalue weighted by atomic mass is 16.5. The lowest BCUT2D eigenvalue weighted by Gasteiger charge is -2.23. The third kappa shape index (κ3) is 5.10. The molecule has 0 spiro atoms. The van der Waals surface area contributed by atoms with Gasteiger partial charge in [0.05, 0.1) is 13.0 Å². The molecule has 1 rings (SSSR count). The second-order valence-electron chi connectivity index (χ2n) is 5.13. The molecule has 0 radical (unpaired) electrons. The van der Waals surface area contributed by atoms with Gasteiger partial charge in [-0.25, -0.2) is 0 Å². The number of hydrogen-bond donors (Lipinski definition) is 1. The number of hydrogen-bond acceptors (Lipinski definition) is 3. The first-order valence-electron chi connectivity index (χ1n) is 7.03. The molecule has 5 heteroatoms. The largest absolute Gasteiger partial charge is 0.469 e. The van der Waals surface area contributed by atoms with Crippen LogP contribution in [0.2, 0.25) is 0 Å². The van der Waals surface area contributed by atoms with Crippen LogP contribution in [-0.4, -0.2) is 44.6 Å². The Morgan fingerprint density at radius 1 is 1.43 bits per heavy atom. The number of ether oxygens (including phenoxy) is 1. The number of guanidine groups is 1. The van der Waals surface area contributed by atoms with E-state index in [1.807, 2.05) is 31.0 Å². The summed E-state index contributed by atoms with van der Waals surface area (Å²) in [7, 11) is 5.11. The molecule has 0 aliphatic rings. The first-order chi connectivity index (χ1) is 9.99. The molecule has 1 atom stereocenters. The number of carbonyl (C=O) groups is 1. The van der Waals surface area contributed by atoms with Crippen LogP contribution in [0, 0.1) is 12.8 Å². The summed E-state index contributed by atoms with van der Waals surface area (Å²) in [5.74, 6) is 0.326. The van der Waals surface area contributed by atoms with E-state index in [4.69, 9.17) is 4.74 Å². The van der Waals surface area contributed by atoms with E-state index >= 15 is 0 Å².